The molecule has 0 aliphatic rings. The third-order valence-electron chi connectivity index (χ3n) is 1.50. The zero-order chi connectivity index (χ0) is 9.68. The van der Waals surface area contributed by atoms with E-state index < -0.39 is 0 Å². The Kier molecular flexibility index (Phi) is 4.12. The summed E-state index contributed by atoms with van der Waals surface area (Å²) in [5.41, 5.74) is 5.56. The van der Waals surface area contributed by atoms with E-state index in [4.69, 9.17) is 17.3 Å². The van der Waals surface area contributed by atoms with Gasteiger partial charge >= 0.3 is 0 Å². The fourth-order valence-corrected chi connectivity index (χ4v) is 1.89. The highest BCUT2D eigenvalue weighted by atomic mass is 35.5. The van der Waals surface area contributed by atoms with Crippen LogP contribution in [-0.2, 0) is 0 Å². The Morgan fingerprint density at radius 3 is 2.85 bits per heavy atom. The number of hydrogen-bond acceptors (Lipinski definition) is 2. The Bertz CT molecular complexity index is 312. The second kappa shape index (κ2) is 5.14. The van der Waals surface area contributed by atoms with E-state index in [1.54, 1.807) is 18.8 Å². The molecule has 0 spiro atoms. The average molecular weight is 215 g/mol. The summed E-state index contributed by atoms with van der Waals surface area (Å²) in [6.45, 7) is 0. The first-order valence-electron chi connectivity index (χ1n) is 3.82. The summed E-state index contributed by atoms with van der Waals surface area (Å²) in [6.07, 6.45) is 0. The summed E-state index contributed by atoms with van der Waals surface area (Å²) >= 11 is 7.54. The Hall–Kier alpha value is -0.670. The number of nitrogens with zero attached hydrogens (tertiary/aromatic N) is 1. The lowest BCUT2D eigenvalue weighted by Gasteiger charge is -2.02. The predicted molar refractivity (Wildman–Crippen MR) is 59.7 cm³/mol. The third kappa shape index (κ3) is 3.28. The lowest BCUT2D eigenvalue weighted by Crippen LogP contribution is -2.13. The minimum absolute atomic E-state index is 0.630. The summed E-state index contributed by atoms with van der Waals surface area (Å²) in [4.78, 5) is 4.90. The van der Waals surface area contributed by atoms with Crippen molar-refractivity contribution >= 4 is 29.2 Å². The minimum atomic E-state index is 0.630. The molecule has 0 saturated heterocycles. The Labute approximate surface area is 87.2 Å². The molecule has 1 rings (SSSR count). The van der Waals surface area contributed by atoms with Crippen molar-refractivity contribution in [2.75, 3.05) is 12.8 Å². The molecule has 70 valence electrons. The Morgan fingerprint density at radius 1 is 1.54 bits per heavy atom. The summed E-state index contributed by atoms with van der Waals surface area (Å²) in [6, 6.07) is 7.69. The van der Waals surface area contributed by atoms with Crippen LogP contribution in [0, 0.1) is 0 Å². The van der Waals surface area contributed by atoms with Gasteiger partial charge in [-0.25, -0.2) is 0 Å². The number of nitrogens with two attached hydrogens (primary N) is 1. The van der Waals surface area contributed by atoms with Gasteiger partial charge in [0.05, 0.1) is 10.8 Å². The van der Waals surface area contributed by atoms with Crippen LogP contribution in [0.25, 0.3) is 0 Å². The molecule has 1 aromatic rings. The maximum absolute atomic E-state index is 5.95. The molecular weight excluding hydrogens is 204 g/mol. The lowest BCUT2D eigenvalue weighted by atomic mass is 10.4. The fraction of sp³-hybridized carbons (Fsp3) is 0.222. The monoisotopic (exact) mass is 214 g/mol. The molecule has 0 aliphatic heterocycles. The lowest BCUT2D eigenvalue weighted by molar-refractivity contribution is 1.38. The van der Waals surface area contributed by atoms with Crippen molar-refractivity contribution in [1.29, 1.82) is 0 Å². The van der Waals surface area contributed by atoms with Gasteiger partial charge in [0.25, 0.3) is 0 Å². The number of hydrogen-bond donors (Lipinski definition) is 1. The maximum atomic E-state index is 5.95. The number of amidine groups is 1. The topological polar surface area (TPSA) is 38.4 Å². The van der Waals surface area contributed by atoms with E-state index in [1.165, 1.54) is 0 Å². The molecule has 13 heavy (non-hydrogen) atoms. The van der Waals surface area contributed by atoms with E-state index in [2.05, 4.69) is 4.99 Å². The summed E-state index contributed by atoms with van der Waals surface area (Å²) in [7, 11) is 1.68. The number of rotatable bonds is 3. The van der Waals surface area contributed by atoms with Crippen molar-refractivity contribution in [3.63, 3.8) is 0 Å². The van der Waals surface area contributed by atoms with Gasteiger partial charge in [0.2, 0.25) is 0 Å². The second-order valence-electron chi connectivity index (χ2n) is 2.43. The molecule has 0 amide bonds. The highest BCUT2D eigenvalue weighted by Crippen LogP contribution is 2.25. The van der Waals surface area contributed by atoms with Gasteiger partial charge in [-0.3, -0.25) is 4.99 Å². The molecule has 0 saturated carbocycles. The zero-order valence-corrected chi connectivity index (χ0v) is 8.90. The van der Waals surface area contributed by atoms with Crippen molar-refractivity contribution in [2.45, 2.75) is 4.90 Å². The first-order valence-corrected chi connectivity index (χ1v) is 5.19. The quantitative estimate of drug-likeness (QED) is 0.477. The largest absolute Gasteiger partial charge is 0.387 e. The van der Waals surface area contributed by atoms with E-state index in [-0.39, 0.29) is 0 Å². The summed E-state index contributed by atoms with van der Waals surface area (Å²) in [5.74, 6) is 1.31. The summed E-state index contributed by atoms with van der Waals surface area (Å²) in [5, 5.41) is 0.761. The molecule has 0 unspecified atom stereocenters. The molecule has 1 aromatic carbocycles. The number of benzene rings is 1. The highest BCUT2D eigenvalue weighted by molar-refractivity contribution is 8.00. The Morgan fingerprint density at radius 2 is 2.23 bits per heavy atom. The van der Waals surface area contributed by atoms with E-state index in [1.807, 2.05) is 24.3 Å². The molecule has 4 heteroatoms. The van der Waals surface area contributed by atoms with Gasteiger partial charge in [0.15, 0.2) is 0 Å². The van der Waals surface area contributed by atoms with Crippen LogP contribution >= 0.6 is 23.4 Å². The molecule has 2 nitrogen and oxygen atoms in total. The van der Waals surface area contributed by atoms with Crippen molar-refractivity contribution in [3.05, 3.63) is 29.3 Å². The average Bonchev–Trinajstić information content (AvgIpc) is 2.16. The predicted octanol–water partition coefficient (Wildman–Crippen LogP) is 2.42. The normalized spacial score (nSPS) is 11.7. The first kappa shape index (κ1) is 10.4. The van der Waals surface area contributed by atoms with E-state index in [0.717, 1.165) is 9.92 Å². The van der Waals surface area contributed by atoms with Crippen molar-refractivity contribution in [2.24, 2.45) is 10.7 Å². The van der Waals surface area contributed by atoms with Crippen molar-refractivity contribution in [1.82, 2.24) is 0 Å². The third-order valence-corrected chi connectivity index (χ3v) is 3.05. The van der Waals surface area contributed by atoms with Crippen LogP contribution in [0.1, 0.15) is 0 Å². The molecule has 0 fully saturated rings. The number of aliphatic imine (C=N–C) groups is 1. The van der Waals surface area contributed by atoms with Crippen molar-refractivity contribution in [3.8, 4) is 0 Å². The molecule has 0 atom stereocenters. The van der Waals surface area contributed by atoms with Gasteiger partial charge in [-0.2, -0.15) is 0 Å². The van der Waals surface area contributed by atoms with Gasteiger partial charge in [-0.05, 0) is 12.1 Å². The van der Waals surface area contributed by atoms with Crippen LogP contribution in [0.15, 0.2) is 34.2 Å². The zero-order valence-electron chi connectivity index (χ0n) is 7.33. The Balaban J connectivity index is 2.60. The van der Waals surface area contributed by atoms with Crippen LogP contribution < -0.4 is 5.73 Å². The fourth-order valence-electron chi connectivity index (χ4n) is 0.778. The van der Waals surface area contributed by atoms with E-state index in [0.29, 0.717) is 11.6 Å². The molecule has 0 radical (unpaired) electrons. The van der Waals surface area contributed by atoms with Gasteiger partial charge in [-0.1, -0.05) is 23.7 Å². The standard InChI is InChI=1S/C9H11ClN2S/c1-12-9(11)6-13-8-5-3-2-4-7(8)10/h2-5H,6H2,1H3,(H2,11,12). The van der Waals surface area contributed by atoms with Gasteiger partial charge in [-0.15, -0.1) is 11.8 Å². The minimum Gasteiger partial charge on any atom is -0.387 e. The second-order valence-corrected chi connectivity index (χ2v) is 3.86. The van der Waals surface area contributed by atoms with E-state index in [9.17, 15) is 0 Å². The number of thioether (sulfide) groups is 1. The van der Waals surface area contributed by atoms with Gasteiger partial charge in [0, 0.05) is 11.9 Å². The van der Waals surface area contributed by atoms with Crippen LogP contribution in [0.3, 0.4) is 0 Å². The molecule has 0 bridgehead atoms. The molecular formula is C9H11ClN2S. The maximum Gasteiger partial charge on any atom is 0.104 e. The van der Waals surface area contributed by atoms with Crippen LogP contribution in [0.2, 0.25) is 5.02 Å². The smallest absolute Gasteiger partial charge is 0.104 e. The van der Waals surface area contributed by atoms with Gasteiger partial charge in [0.1, 0.15) is 5.84 Å². The molecule has 0 heterocycles. The van der Waals surface area contributed by atoms with Crippen molar-refractivity contribution < 1.29 is 0 Å². The molecule has 0 aromatic heterocycles. The van der Waals surface area contributed by atoms with Crippen LogP contribution in [-0.4, -0.2) is 18.6 Å². The van der Waals surface area contributed by atoms with E-state index >= 15 is 0 Å². The van der Waals surface area contributed by atoms with Gasteiger partial charge < -0.3 is 5.73 Å². The van der Waals surface area contributed by atoms with Crippen LogP contribution in [0.5, 0.6) is 0 Å². The SMILES string of the molecule is CN=C(N)CSc1ccccc1Cl. The highest BCUT2D eigenvalue weighted by Gasteiger charge is 1.99. The molecule has 2 N–H and O–H groups in total. The summed E-state index contributed by atoms with van der Waals surface area (Å²) < 4.78 is 0. The number of halogens is 1. The molecule has 0 aliphatic carbocycles. The van der Waals surface area contributed by atoms with Crippen LogP contribution in [0.4, 0.5) is 0 Å². The first-order chi connectivity index (χ1) is 6.24.